The fourth-order valence-electron chi connectivity index (χ4n) is 3.65. The Morgan fingerprint density at radius 3 is 2.62 bits per heavy atom. The minimum absolute atomic E-state index is 0.0209. The average molecular weight is 446 g/mol. The summed E-state index contributed by atoms with van der Waals surface area (Å²) in [5.74, 6) is 0.489. The number of anilines is 1. The van der Waals surface area contributed by atoms with Gasteiger partial charge in [-0.25, -0.2) is 4.98 Å². The Kier molecular flexibility index (Phi) is 6.02. The van der Waals surface area contributed by atoms with Gasteiger partial charge in [-0.1, -0.05) is 24.3 Å². The summed E-state index contributed by atoms with van der Waals surface area (Å²) in [5, 5.41) is 4.08. The molecule has 4 rings (SSSR count). The van der Waals surface area contributed by atoms with Crippen LogP contribution in [0.5, 0.6) is 11.6 Å². The molecule has 1 N–H and O–H groups in total. The van der Waals surface area contributed by atoms with Crippen LogP contribution in [-0.4, -0.2) is 53.4 Å². The van der Waals surface area contributed by atoms with Gasteiger partial charge in [0, 0.05) is 19.1 Å². The second-order valence-corrected chi connectivity index (χ2v) is 7.41. The van der Waals surface area contributed by atoms with Crippen molar-refractivity contribution in [3.8, 4) is 11.6 Å². The van der Waals surface area contributed by atoms with Crippen molar-refractivity contribution in [3.05, 3.63) is 54.1 Å². The number of nitrogens with zero attached hydrogens (tertiary/aromatic N) is 3. The van der Waals surface area contributed by atoms with E-state index in [0.29, 0.717) is 30.5 Å². The summed E-state index contributed by atoms with van der Waals surface area (Å²) in [7, 11) is 1.55. The van der Waals surface area contributed by atoms with Gasteiger partial charge in [-0.3, -0.25) is 4.79 Å². The van der Waals surface area contributed by atoms with Gasteiger partial charge in [0.2, 0.25) is 17.7 Å². The first-order chi connectivity index (χ1) is 15.3. The minimum Gasteiger partial charge on any atom is -0.480 e. The Morgan fingerprint density at radius 2 is 1.91 bits per heavy atom. The first kappa shape index (κ1) is 21.7. The van der Waals surface area contributed by atoms with Gasteiger partial charge in [0.15, 0.2) is 0 Å². The van der Waals surface area contributed by atoms with Crippen molar-refractivity contribution in [2.24, 2.45) is 0 Å². The molecular weight excluding hydrogens is 425 g/mol. The fourth-order valence-corrected chi connectivity index (χ4v) is 3.65. The van der Waals surface area contributed by atoms with Gasteiger partial charge < -0.3 is 19.7 Å². The summed E-state index contributed by atoms with van der Waals surface area (Å²) in [4.78, 5) is 23.3. The summed E-state index contributed by atoms with van der Waals surface area (Å²) >= 11 is 0. The van der Waals surface area contributed by atoms with Gasteiger partial charge in [0.1, 0.15) is 5.75 Å². The molecule has 0 radical (unpaired) electrons. The van der Waals surface area contributed by atoms with Crippen LogP contribution in [0, 0.1) is 0 Å². The molecule has 7 nitrogen and oxygen atoms in total. The number of methoxy groups -OCH3 is 1. The molecule has 2 heterocycles. The zero-order chi connectivity index (χ0) is 22.7. The maximum atomic E-state index is 12.6. The number of nitrogens with one attached hydrogen (secondary N) is 1. The van der Waals surface area contributed by atoms with Gasteiger partial charge in [-0.2, -0.15) is 4.98 Å². The summed E-state index contributed by atoms with van der Waals surface area (Å²) in [6, 6.07) is 12.8. The molecule has 0 aliphatic carbocycles. The van der Waals surface area contributed by atoms with Gasteiger partial charge in [0.05, 0.1) is 24.4 Å². The van der Waals surface area contributed by atoms with E-state index in [1.165, 1.54) is 24.3 Å². The fraction of sp³-hybridized carbons (Fsp3) is 0.318. The summed E-state index contributed by atoms with van der Waals surface area (Å²) in [6.45, 7) is 1.04. The standard InChI is InChI=1S/C22H21F3N4O3/c1-31-20-17-4-2-3-5-18(17)27-21(28-20)26-15-10-11-29(13-15)19(30)12-14-6-8-16(9-7-14)32-22(23,24)25/h2-9,15H,10-13H2,1H3,(H,26,27,28)/t15-/m0/s1. The highest BCUT2D eigenvalue weighted by Gasteiger charge is 2.31. The van der Waals surface area contributed by atoms with E-state index in [1.54, 1.807) is 12.0 Å². The maximum Gasteiger partial charge on any atom is 0.573 e. The number of rotatable bonds is 6. The van der Waals surface area contributed by atoms with E-state index in [9.17, 15) is 18.0 Å². The Labute approximate surface area is 182 Å². The highest BCUT2D eigenvalue weighted by molar-refractivity contribution is 5.84. The number of benzene rings is 2. The summed E-state index contributed by atoms with van der Waals surface area (Å²) in [5.41, 5.74) is 1.37. The Morgan fingerprint density at radius 1 is 1.16 bits per heavy atom. The average Bonchev–Trinajstić information content (AvgIpc) is 3.22. The molecular formula is C22H21F3N4O3. The molecule has 1 saturated heterocycles. The number of carbonyl (C=O) groups is 1. The molecule has 0 saturated carbocycles. The lowest BCUT2D eigenvalue weighted by Crippen LogP contribution is -2.32. The predicted octanol–water partition coefficient (Wildman–Crippen LogP) is 3.79. The number of para-hydroxylation sites is 1. The number of aromatic nitrogens is 2. The van der Waals surface area contributed by atoms with Crippen molar-refractivity contribution in [1.82, 2.24) is 14.9 Å². The molecule has 1 aliphatic rings. The highest BCUT2D eigenvalue weighted by atomic mass is 19.4. The number of hydrogen-bond donors (Lipinski definition) is 1. The van der Waals surface area contributed by atoms with Crippen LogP contribution in [-0.2, 0) is 11.2 Å². The third-order valence-electron chi connectivity index (χ3n) is 5.15. The minimum atomic E-state index is -4.74. The molecule has 3 aromatic rings. The Balaban J connectivity index is 1.35. The van der Waals surface area contributed by atoms with Gasteiger partial charge in [0.25, 0.3) is 0 Å². The number of alkyl halides is 3. The van der Waals surface area contributed by atoms with Gasteiger partial charge >= 0.3 is 6.36 Å². The van der Waals surface area contributed by atoms with E-state index in [0.717, 1.165) is 17.3 Å². The molecule has 32 heavy (non-hydrogen) atoms. The van der Waals surface area contributed by atoms with E-state index in [-0.39, 0.29) is 24.1 Å². The van der Waals surface area contributed by atoms with Crippen LogP contribution < -0.4 is 14.8 Å². The molecule has 1 atom stereocenters. The third kappa shape index (κ3) is 5.19. The van der Waals surface area contributed by atoms with E-state index in [1.807, 2.05) is 24.3 Å². The molecule has 10 heteroatoms. The van der Waals surface area contributed by atoms with Gasteiger partial charge in [-0.05, 0) is 36.2 Å². The number of halogens is 3. The Bertz CT molecular complexity index is 1110. The maximum absolute atomic E-state index is 12.6. The quantitative estimate of drug-likeness (QED) is 0.621. The smallest absolute Gasteiger partial charge is 0.480 e. The first-order valence-corrected chi connectivity index (χ1v) is 10.0. The number of carbonyl (C=O) groups excluding carboxylic acids is 1. The van der Waals surface area contributed by atoms with Crippen molar-refractivity contribution in [1.29, 1.82) is 0 Å². The second kappa shape index (κ2) is 8.89. The van der Waals surface area contributed by atoms with E-state index >= 15 is 0 Å². The van der Waals surface area contributed by atoms with Crippen molar-refractivity contribution in [3.63, 3.8) is 0 Å². The lowest BCUT2D eigenvalue weighted by Gasteiger charge is -2.18. The van der Waals surface area contributed by atoms with Crippen molar-refractivity contribution >= 4 is 22.8 Å². The molecule has 1 fully saturated rings. The topological polar surface area (TPSA) is 76.6 Å². The molecule has 1 aromatic heterocycles. The molecule has 0 unspecified atom stereocenters. The van der Waals surface area contributed by atoms with Crippen LogP contribution in [0.4, 0.5) is 19.1 Å². The predicted molar refractivity (Wildman–Crippen MR) is 112 cm³/mol. The monoisotopic (exact) mass is 446 g/mol. The van der Waals surface area contributed by atoms with Gasteiger partial charge in [-0.15, -0.1) is 13.2 Å². The van der Waals surface area contributed by atoms with Crippen LogP contribution in [0.3, 0.4) is 0 Å². The van der Waals surface area contributed by atoms with Crippen molar-refractivity contribution in [2.75, 3.05) is 25.5 Å². The molecule has 168 valence electrons. The van der Waals surface area contributed by atoms with Crippen LogP contribution in [0.1, 0.15) is 12.0 Å². The molecule has 2 aromatic carbocycles. The zero-order valence-corrected chi connectivity index (χ0v) is 17.2. The highest BCUT2D eigenvalue weighted by Crippen LogP contribution is 2.25. The normalized spacial score (nSPS) is 16.2. The molecule has 0 spiro atoms. The van der Waals surface area contributed by atoms with E-state index in [4.69, 9.17) is 4.74 Å². The SMILES string of the molecule is COc1nc(N[C@H]2CCN(C(=O)Cc3ccc(OC(F)(F)F)cc3)C2)nc2ccccc12. The van der Waals surface area contributed by atoms with Crippen LogP contribution >= 0.6 is 0 Å². The lowest BCUT2D eigenvalue weighted by molar-refractivity contribution is -0.274. The van der Waals surface area contributed by atoms with E-state index < -0.39 is 6.36 Å². The number of amides is 1. The van der Waals surface area contributed by atoms with Crippen molar-refractivity contribution in [2.45, 2.75) is 25.2 Å². The summed E-state index contributed by atoms with van der Waals surface area (Å²) in [6.07, 6.45) is -3.92. The summed E-state index contributed by atoms with van der Waals surface area (Å²) < 4.78 is 46.0. The van der Waals surface area contributed by atoms with E-state index in [2.05, 4.69) is 20.0 Å². The Hall–Kier alpha value is -3.56. The largest absolute Gasteiger partial charge is 0.573 e. The van der Waals surface area contributed by atoms with Crippen molar-refractivity contribution < 1.29 is 27.4 Å². The number of ether oxygens (including phenoxy) is 2. The van der Waals surface area contributed by atoms with Crippen LogP contribution in [0.2, 0.25) is 0 Å². The lowest BCUT2D eigenvalue weighted by atomic mass is 10.1. The number of fused-ring (bicyclic) bond motifs is 1. The first-order valence-electron chi connectivity index (χ1n) is 10.0. The van der Waals surface area contributed by atoms with Crippen LogP contribution in [0.15, 0.2) is 48.5 Å². The molecule has 0 bridgehead atoms. The second-order valence-electron chi connectivity index (χ2n) is 7.41. The molecule has 1 amide bonds. The number of likely N-dealkylation sites (tertiary alicyclic amines) is 1. The number of hydrogen-bond acceptors (Lipinski definition) is 6. The van der Waals surface area contributed by atoms with Crippen LogP contribution in [0.25, 0.3) is 10.9 Å². The third-order valence-corrected chi connectivity index (χ3v) is 5.15. The molecule has 1 aliphatic heterocycles. The zero-order valence-electron chi connectivity index (χ0n) is 17.2.